The summed E-state index contributed by atoms with van der Waals surface area (Å²) in [5.41, 5.74) is 4.20. The highest BCUT2D eigenvalue weighted by Crippen LogP contribution is 2.27. The van der Waals surface area contributed by atoms with Gasteiger partial charge in [0.2, 0.25) is 0 Å². The lowest BCUT2D eigenvalue weighted by Crippen LogP contribution is -2.20. The van der Waals surface area contributed by atoms with Crippen LogP contribution in [-0.2, 0) is 0 Å². The molecule has 2 aromatic carbocycles. The molecule has 0 unspecified atom stereocenters. The van der Waals surface area contributed by atoms with Crippen LogP contribution in [0.2, 0.25) is 5.02 Å². The van der Waals surface area contributed by atoms with Crippen LogP contribution < -0.4 is 0 Å². The molecule has 0 amide bonds. The van der Waals surface area contributed by atoms with Crippen molar-refractivity contribution in [2.45, 2.75) is 19.4 Å². The molecule has 3 nitrogen and oxygen atoms in total. The molecule has 110 valence electrons. The van der Waals surface area contributed by atoms with E-state index in [2.05, 4.69) is 11.2 Å². The zero-order valence-electron chi connectivity index (χ0n) is 12.3. The number of hydrazone groups is 1. The summed E-state index contributed by atoms with van der Waals surface area (Å²) in [6.45, 7) is 2.78. The molecule has 0 bridgehead atoms. The van der Waals surface area contributed by atoms with Crippen LogP contribution in [0.5, 0.6) is 0 Å². The van der Waals surface area contributed by atoms with E-state index in [1.165, 1.54) is 0 Å². The third-order valence-electron chi connectivity index (χ3n) is 3.91. The van der Waals surface area contributed by atoms with Gasteiger partial charge in [-0.2, -0.15) is 10.4 Å². The van der Waals surface area contributed by atoms with Crippen molar-refractivity contribution < 1.29 is 0 Å². The molecule has 0 aliphatic carbocycles. The Kier molecular flexibility index (Phi) is 4.13. The molecule has 22 heavy (non-hydrogen) atoms. The normalized spacial score (nSPS) is 15.3. The molecule has 1 aliphatic rings. The molecule has 0 fully saturated rings. The first-order valence-corrected chi connectivity index (χ1v) is 7.62. The van der Waals surface area contributed by atoms with Crippen molar-refractivity contribution in [3.8, 4) is 6.07 Å². The fraction of sp³-hybridized carbons (Fsp3) is 0.222. The Bertz CT molecular complexity index is 744. The zero-order chi connectivity index (χ0) is 15.5. The van der Waals surface area contributed by atoms with Crippen molar-refractivity contribution in [1.29, 1.82) is 5.26 Å². The third kappa shape index (κ3) is 2.84. The van der Waals surface area contributed by atoms with E-state index in [0.29, 0.717) is 5.02 Å². The van der Waals surface area contributed by atoms with Gasteiger partial charge in [-0.3, -0.25) is 5.01 Å². The first kappa shape index (κ1) is 14.6. The quantitative estimate of drug-likeness (QED) is 0.847. The van der Waals surface area contributed by atoms with Crippen LogP contribution in [0.4, 0.5) is 0 Å². The zero-order valence-corrected chi connectivity index (χ0v) is 13.1. The van der Waals surface area contributed by atoms with E-state index in [1.807, 2.05) is 60.5 Å². The number of hydrogen-bond donors (Lipinski definition) is 0. The molecule has 0 radical (unpaired) electrons. The number of nitrogens with zero attached hydrogens (tertiary/aromatic N) is 3. The minimum atomic E-state index is -0.342. The molecule has 3 rings (SSSR count). The van der Waals surface area contributed by atoms with Gasteiger partial charge in [0.25, 0.3) is 0 Å². The standard InChI is InChI=1S/C18H16ClN3/c1-13-4-2-3-5-16(13)18(12-20)22-11-10-17(21-22)14-6-8-15(19)9-7-14/h2-9,18H,10-11H2,1H3/t18-/m1/s1. The molecule has 0 saturated heterocycles. The van der Waals surface area contributed by atoms with Crippen molar-refractivity contribution in [2.75, 3.05) is 6.54 Å². The highest BCUT2D eigenvalue weighted by atomic mass is 35.5. The third-order valence-corrected chi connectivity index (χ3v) is 4.16. The van der Waals surface area contributed by atoms with Crippen molar-refractivity contribution in [3.63, 3.8) is 0 Å². The Labute approximate surface area is 135 Å². The van der Waals surface area contributed by atoms with E-state index >= 15 is 0 Å². The summed E-state index contributed by atoms with van der Waals surface area (Å²) in [5.74, 6) is 0. The largest absolute Gasteiger partial charge is 0.275 e. The average Bonchev–Trinajstić information content (AvgIpc) is 3.00. The van der Waals surface area contributed by atoms with Gasteiger partial charge in [0.05, 0.1) is 11.8 Å². The highest BCUT2D eigenvalue weighted by molar-refractivity contribution is 6.30. The van der Waals surface area contributed by atoms with Crippen LogP contribution in [0.1, 0.15) is 29.2 Å². The monoisotopic (exact) mass is 309 g/mol. The van der Waals surface area contributed by atoms with Crippen LogP contribution in [0, 0.1) is 18.3 Å². The smallest absolute Gasteiger partial charge is 0.158 e. The SMILES string of the molecule is Cc1ccccc1[C@@H](C#N)N1CCC(c2ccc(Cl)cc2)=N1. The molecule has 1 aliphatic heterocycles. The lowest BCUT2D eigenvalue weighted by Gasteiger charge is -2.21. The minimum absolute atomic E-state index is 0.342. The molecule has 0 saturated carbocycles. The molecular formula is C18H16ClN3. The van der Waals surface area contributed by atoms with Gasteiger partial charge >= 0.3 is 0 Å². The Morgan fingerprint density at radius 2 is 1.91 bits per heavy atom. The van der Waals surface area contributed by atoms with Crippen molar-refractivity contribution in [2.24, 2.45) is 5.10 Å². The van der Waals surface area contributed by atoms with Gasteiger partial charge in [0.15, 0.2) is 6.04 Å². The first-order chi connectivity index (χ1) is 10.7. The Hall–Kier alpha value is -2.31. The van der Waals surface area contributed by atoms with Crippen molar-refractivity contribution >= 4 is 17.3 Å². The van der Waals surface area contributed by atoms with Crippen LogP contribution >= 0.6 is 11.6 Å². The van der Waals surface area contributed by atoms with Crippen LogP contribution in [-0.4, -0.2) is 17.3 Å². The van der Waals surface area contributed by atoms with Gasteiger partial charge in [-0.15, -0.1) is 0 Å². The molecule has 2 aromatic rings. The van der Waals surface area contributed by atoms with Gasteiger partial charge in [0, 0.05) is 18.0 Å². The molecule has 1 heterocycles. The van der Waals surface area contributed by atoms with Crippen molar-refractivity contribution in [3.05, 3.63) is 70.2 Å². The predicted octanol–water partition coefficient (Wildman–Crippen LogP) is 4.32. The van der Waals surface area contributed by atoms with Crippen LogP contribution in [0.3, 0.4) is 0 Å². The van der Waals surface area contributed by atoms with E-state index in [0.717, 1.165) is 35.4 Å². The highest BCUT2D eigenvalue weighted by Gasteiger charge is 2.25. The molecule has 0 spiro atoms. The molecule has 1 atom stereocenters. The van der Waals surface area contributed by atoms with Gasteiger partial charge in [-0.1, -0.05) is 48.0 Å². The summed E-state index contributed by atoms with van der Waals surface area (Å²) in [6, 6.07) is 17.7. The number of aryl methyl sites for hydroxylation is 1. The van der Waals surface area contributed by atoms with E-state index in [4.69, 9.17) is 11.6 Å². The molecule has 0 aromatic heterocycles. The lowest BCUT2D eigenvalue weighted by atomic mass is 10.0. The maximum Gasteiger partial charge on any atom is 0.158 e. The molecular weight excluding hydrogens is 294 g/mol. The lowest BCUT2D eigenvalue weighted by molar-refractivity contribution is 0.274. The summed E-state index contributed by atoms with van der Waals surface area (Å²) in [7, 11) is 0. The van der Waals surface area contributed by atoms with E-state index in [1.54, 1.807) is 0 Å². The second-order valence-corrected chi connectivity index (χ2v) is 5.79. The number of benzene rings is 2. The van der Waals surface area contributed by atoms with Crippen molar-refractivity contribution in [1.82, 2.24) is 5.01 Å². The number of halogens is 1. The van der Waals surface area contributed by atoms with E-state index in [-0.39, 0.29) is 6.04 Å². The number of nitriles is 1. The molecule has 0 N–H and O–H groups in total. The average molecular weight is 310 g/mol. The number of rotatable bonds is 3. The Morgan fingerprint density at radius 1 is 1.18 bits per heavy atom. The van der Waals surface area contributed by atoms with Gasteiger partial charge in [0.1, 0.15) is 0 Å². The van der Waals surface area contributed by atoms with E-state index in [9.17, 15) is 5.26 Å². The van der Waals surface area contributed by atoms with Crippen LogP contribution in [0.25, 0.3) is 0 Å². The summed E-state index contributed by atoms with van der Waals surface area (Å²) < 4.78 is 0. The topological polar surface area (TPSA) is 39.4 Å². The maximum atomic E-state index is 9.58. The minimum Gasteiger partial charge on any atom is -0.275 e. The predicted molar refractivity (Wildman–Crippen MR) is 88.8 cm³/mol. The van der Waals surface area contributed by atoms with Crippen LogP contribution in [0.15, 0.2) is 53.6 Å². The Balaban J connectivity index is 1.88. The second-order valence-electron chi connectivity index (χ2n) is 5.35. The summed E-state index contributed by atoms with van der Waals surface area (Å²) in [4.78, 5) is 0. The van der Waals surface area contributed by atoms with Gasteiger partial charge in [-0.05, 0) is 35.7 Å². The fourth-order valence-electron chi connectivity index (χ4n) is 2.70. The summed E-state index contributed by atoms with van der Waals surface area (Å²) in [5, 5.41) is 16.8. The second kappa shape index (κ2) is 6.21. The van der Waals surface area contributed by atoms with Gasteiger partial charge in [-0.25, -0.2) is 0 Å². The van der Waals surface area contributed by atoms with Gasteiger partial charge < -0.3 is 0 Å². The fourth-order valence-corrected chi connectivity index (χ4v) is 2.82. The maximum absolute atomic E-state index is 9.58. The molecule has 4 heteroatoms. The first-order valence-electron chi connectivity index (χ1n) is 7.24. The summed E-state index contributed by atoms with van der Waals surface area (Å²) >= 11 is 5.92. The summed E-state index contributed by atoms with van der Waals surface area (Å²) in [6.07, 6.45) is 0.839. The van der Waals surface area contributed by atoms with E-state index < -0.39 is 0 Å². The Morgan fingerprint density at radius 3 is 2.59 bits per heavy atom. The number of hydrogen-bond acceptors (Lipinski definition) is 3.